The molecule has 1 fully saturated rings. The Kier molecular flexibility index (Phi) is 4.15. The molecule has 0 saturated carbocycles. The van der Waals surface area contributed by atoms with Gasteiger partial charge in [-0.1, -0.05) is 12.1 Å². The van der Waals surface area contributed by atoms with Crippen molar-refractivity contribution in [3.8, 4) is 17.6 Å². The predicted octanol–water partition coefficient (Wildman–Crippen LogP) is 1.62. The van der Waals surface area contributed by atoms with Gasteiger partial charge in [0.2, 0.25) is 5.91 Å². The molecule has 7 heteroatoms. The first-order valence-corrected chi connectivity index (χ1v) is 7.34. The molecule has 0 bridgehead atoms. The molecule has 1 atom stereocenters. The van der Waals surface area contributed by atoms with Crippen molar-refractivity contribution < 1.29 is 9.53 Å². The Bertz CT molecular complexity index is 749. The summed E-state index contributed by atoms with van der Waals surface area (Å²) >= 11 is 0. The molecule has 1 amide bonds. The van der Waals surface area contributed by atoms with Gasteiger partial charge >= 0.3 is 0 Å². The SMILES string of the molecule is COc1ccccc1-n1cnc(NC(=O)[C@H]2CCN(C#N)C2)c1. The van der Waals surface area contributed by atoms with Crippen LogP contribution in [0.3, 0.4) is 0 Å². The molecule has 2 heterocycles. The molecule has 1 aromatic carbocycles. The normalized spacial score (nSPS) is 16.9. The number of hydrogen-bond donors (Lipinski definition) is 1. The van der Waals surface area contributed by atoms with Gasteiger partial charge < -0.3 is 19.5 Å². The molecule has 0 radical (unpaired) electrons. The lowest BCUT2D eigenvalue weighted by atomic mass is 10.1. The lowest BCUT2D eigenvalue weighted by Gasteiger charge is -2.09. The van der Waals surface area contributed by atoms with Crippen LogP contribution in [0.1, 0.15) is 6.42 Å². The number of anilines is 1. The van der Waals surface area contributed by atoms with Gasteiger partial charge in [-0.05, 0) is 18.6 Å². The maximum atomic E-state index is 12.2. The summed E-state index contributed by atoms with van der Waals surface area (Å²) in [6, 6.07) is 7.57. The molecule has 7 nitrogen and oxygen atoms in total. The largest absolute Gasteiger partial charge is 0.495 e. The number of carbonyl (C=O) groups excluding carboxylic acids is 1. The fourth-order valence-corrected chi connectivity index (χ4v) is 2.66. The van der Waals surface area contributed by atoms with Crippen molar-refractivity contribution in [2.45, 2.75) is 6.42 Å². The summed E-state index contributed by atoms with van der Waals surface area (Å²) in [6.07, 6.45) is 6.13. The Balaban J connectivity index is 1.70. The predicted molar refractivity (Wildman–Crippen MR) is 84.0 cm³/mol. The molecule has 118 valence electrons. The molecule has 2 aromatic rings. The van der Waals surface area contributed by atoms with Crippen molar-refractivity contribution in [2.75, 3.05) is 25.5 Å². The van der Waals surface area contributed by atoms with E-state index < -0.39 is 0 Å². The second-order valence-electron chi connectivity index (χ2n) is 5.36. The molecule has 1 saturated heterocycles. The summed E-state index contributed by atoms with van der Waals surface area (Å²) in [6.45, 7) is 1.10. The van der Waals surface area contributed by atoms with Gasteiger partial charge in [0.25, 0.3) is 0 Å². The number of para-hydroxylation sites is 2. The number of nitrogens with one attached hydrogen (secondary N) is 1. The highest BCUT2D eigenvalue weighted by molar-refractivity contribution is 5.92. The van der Waals surface area contributed by atoms with Crippen LogP contribution in [-0.2, 0) is 4.79 Å². The van der Waals surface area contributed by atoms with Gasteiger partial charge in [-0.15, -0.1) is 0 Å². The minimum Gasteiger partial charge on any atom is -0.495 e. The maximum Gasteiger partial charge on any atom is 0.230 e. The van der Waals surface area contributed by atoms with Crippen molar-refractivity contribution >= 4 is 11.7 Å². The Morgan fingerprint density at radius 2 is 2.30 bits per heavy atom. The summed E-state index contributed by atoms with van der Waals surface area (Å²) < 4.78 is 7.12. The first-order chi connectivity index (χ1) is 11.2. The van der Waals surface area contributed by atoms with Crippen LogP contribution < -0.4 is 10.1 Å². The Hall–Kier alpha value is -3.01. The van der Waals surface area contributed by atoms with Crippen LogP contribution in [0.4, 0.5) is 5.82 Å². The first-order valence-electron chi connectivity index (χ1n) is 7.34. The number of rotatable bonds is 4. The summed E-state index contributed by atoms with van der Waals surface area (Å²) in [5.41, 5.74) is 0.847. The fraction of sp³-hybridized carbons (Fsp3) is 0.312. The standard InChI is InChI=1S/C16H17N5O2/c1-23-14-5-3-2-4-13(14)21-9-15(18-11-21)19-16(22)12-6-7-20(8-12)10-17/h2-5,9,11-12H,6-8H2,1H3,(H,19,22)/t12-/m0/s1. The zero-order chi connectivity index (χ0) is 16.2. The zero-order valence-corrected chi connectivity index (χ0v) is 12.8. The van der Waals surface area contributed by atoms with Gasteiger partial charge in [-0.25, -0.2) is 4.98 Å². The number of imidazole rings is 1. The van der Waals surface area contributed by atoms with E-state index in [2.05, 4.69) is 16.5 Å². The van der Waals surface area contributed by atoms with E-state index in [1.54, 1.807) is 29.1 Å². The van der Waals surface area contributed by atoms with E-state index in [0.717, 1.165) is 11.4 Å². The monoisotopic (exact) mass is 311 g/mol. The summed E-state index contributed by atoms with van der Waals surface area (Å²) in [5.74, 6) is 0.929. The number of hydrogen-bond acceptors (Lipinski definition) is 5. The molecule has 0 unspecified atom stereocenters. The van der Waals surface area contributed by atoms with E-state index in [4.69, 9.17) is 10.00 Å². The molecule has 1 N–H and O–H groups in total. The molecule has 23 heavy (non-hydrogen) atoms. The Labute approximate surface area is 134 Å². The second-order valence-corrected chi connectivity index (χ2v) is 5.36. The lowest BCUT2D eigenvalue weighted by Crippen LogP contribution is -2.25. The highest BCUT2D eigenvalue weighted by Gasteiger charge is 2.28. The number of benzene rings is 1. The van der Waals surface area contributed by atoms with Gasteiger partial charge in [-0.3, -0.25) is 4.79 Å². The Morgan fingerprint density at radius 3 is 3.04 bits per heavy atom. The van der Waals surface area contributed by atoms with Crippen LogP contribution in [-0.4, -0.2) is 40.6 Å². The molecular weight excluding hydrogens is 294 g/mol. The minimum absolute atomic E-state index is 0.104. The van der Waals surface area contributed by atoms with Crippen molar-refractivity contribution in [3.63, 3.8) is 0 Å². The number of methoxy groups -OCH3 is 1. The van der Waals surface area contributed by atoms with Crippen LogP contribution in [0.5, 0.6) is 5.75 Å². The summed E-state index contributed by atoms with van der Waals surface area (Å²) in [5, 5.41) is 11.7. The van der Waals surface area contributed by atoms with Gasteiger partial charge in [0.1, 0.15) is 12.1 Å². The third-order valence-electron chi connectivity index (χ3n) is 3.90. The molecule has 0 spiro atoms. The van der Waals surface area contributed by atoms with Crippen LogP contribution >= 0.6 is 0 Å². The van der Waals surface area contributed by atoms with E-state index in [1.807, 2.05) is 24.3 Å². The summed E-state index contributed by atoms with van der Waals surface area (Å²) in [4.78, 5) is 18.0. The van der Waals surface area contributed by atoms with Gasteiger partial charge in [0.05, 0.1) is 24.9 Å². The van der Waals surface area contributed by atoms with Crippen molar-refractivity contribution in [2.24, 2.45) is 5.92 Å². The quantitative estimate of drug-likeness (QED) is 0.868. The van der Waals surface area contributed by atoms with E-state index in [9.17, 15) is 4.79 Å². The number of amides is 1. The van der Waals surface area contributed by atoms with E-state index in [-0.39, 0.29) is 11.8 Å². The van der Waals surface area contributed by atoms with Crippen LogP contribution in [0.2, 0.25) is 0 Å². The maximum absolute atomic E-state index is 12.2. The average molecular weight is 311 g/mol. The van der Waals surface area contributed by atoms with Gasteiger partial charge in [-0.2, -0.15) is 5.26 Å². The molecule has 3 rings (SSSR count). The number of likely N-dealkylation sites (tertiary alicyclic amines) is 1. The van der Waals surface area contributed by atoms with Crippen molar-refractivity contribution in [3.05, 3.63) is 36.8 Å². The highest BCUT2D eigenvalue weighted by atomic mass is 16.5. The fourth-order valence-electron chi connectivity index (χ4n) is 2.66. The van der Waals surface area contributed by atoms with Gasteiger partial charge in [0, 0.05) is 13.1 Å². The average Bonchev–Trinajstić information content (AvgIpc) is 3.24. The molecule has 1 aromatic heterocycles. The molecule has 1 aliphatic heterocycles. The molecule has 1 aliphatic rings. The smallest absolute Gasteiger partial charge is 0.230 e. The molecule has 0 aliphatic carbocycles. The van der Waals surface area contributed by atoms with E-state index in [0.29, 0.717) is 25.3 Å². The van der Waals surface area contributed by atoms with Crippen molar-refractivity contribution in [1.82, 2.24) is 14.5 Å². The van der Waals surface area contributed by atoms with Crippen LogP contribution in [0, 0.1) is 17.4 Å². The van der Waals surface area contributed by atoms with Crippen LogP contribution in [0.25, 0.3) is 5.69 Å². The third kappa shape index (κ3) is 3.11. The van der Waals surface area contributed by atoms with E-state index >= 15 is 0 Å². The topological polar surface area (TPSA) is 83.2 Å². The third-order valence-corrected chi connectivity index (χ3v) is 3.90. The van der Waals surface area contributed by atoms with Crippen LogP contribution in [0.15, 0.2) is 36.8 Å². The number of ether oxygens (including phenoxy) is 1. The van der Waals surface area contributed by atoms with Crippen molar-refractivity contribution in [1.29, 1.82) is 5.26 Å². The Morgan fingerprint density at radius 1 is 1.48 bits per heavy atom. The number of nitriles is 1. The minimum atomic E-state index is -0.175. The highest BCUT2D eigenvalue weighted by Crippen LogP contribution is 2.23. The van der Waals surface area contributed by atoms with E-state index in [1.165, 1.54) is 0 Å². The second kappa shape index (κ2) is 6.40. The van der Waals surface area contributed by atoms with Gasteiger partial charge in [0.15, 0.2) is 12.0 Å². The number of carbonyl (C=O) groups is 1. The molecular formula is C16H17N5O2. The summed E-state index contributed by atoms with van der Waals surface area (Å²) in [7, 11) is 1.61. The number of aromatic nitrogens is 2. The zero-order valence-electron chi connectivity index (χ0n) is 12.8. The number of nitrogens with zero attached hydrogens (tertiary/aromatic N) is 4. The first kappa shape index (κ1) is 14.9. The lowest BCUT2D eigenvalue weighted by molar-refractivity contribution is -0.119.